The van der Waals surface area contributed by atoms with E-state index in [0.29, 0.717) is 24.9 Å². The lowest BCUT2D eigenvalue weighted by Gasteiger charge is -2.14. The van der Waals surface area contributed by atoms with Crippen LogP contribution in [0.3, 0.4) is 0 Å². The summed E-state index contributed by atoms with van der Waals surface area (Å²) in [4.78, 5) is 23.1. The zero-order valence-electron chi connectivity index (χ0n) is 11.8. The van der Waals surface area contributed by atoms with Gasteiger partial charge in [0.2, 0.25) is 5.91 Å². The summed E-state index contributed by atoms with van der Waals surface area (Å²) in [6, 6.07) is 6.32. The second-order valence-corrected chi connectivity index (χ2v) is 5.23. The molecule has 1 amide bonds. The van der Waals surface area contributed by atoms with Crippen molar-refractivity contribution in [2.75, 3.05) is 11.9 Å². The molecule has 1 saturated carbocycles. The predicted molar refractivity (Wildman–Crippen MR) is 75.0 cm³/mol. The quantitative estimate of drug-likeness (QED) is 0.847. The third-order valence-electron chi connectivity index (χ3n) is 3.66. The number of nitrogens with one attached hydrogen (secondary N) is 1. The molecule has 0 aromatic heterocycles. The van der Waals surface area contributed by atoms with Crippen LogP contribution in [0.2, 0.25) is 0 Å². The number of para-hydroxylation sites is 2. The molecule has 0 heterocycles. The first-order chi connectivity index (χ1) is 10.5. The van der Waals surface area contributed by atoms with Crippen molar-refractivity contribution in [2.24, 2.45) is 11.8 Å². The van der Waals surface area contributed by atoms with Crippen molar-refractivity contribution in [2.45, 2.75) is 25.7 Å². The Balaban J connectivity index is 1.98. The van der Waals surface area contributed by atoms with E-state index in [1.54, 1.807) is 18.2 Å². The Hall–Kier alpha value is -2.18. The first kappa shape index (κ1) is 16.2. The number of carbonyl (C=O) groups is 2. The van der Waals surface area contributed by atoms with E-state index in [9.17, 15) is 18.4 Å². The number of amides is 1. The standard InChI is InChI=1S/C15H17F2NO4/c16-13(17)8-22-12-4-2-1-3-11(12)18-14(19)9-5-6-10(7-9)15(20)21/h1-4,9-10,13H,5-8H2,(H,18,19)(H,20,21)/t9-,10+/m0/s1. The minimum Gasteiger partial charge on any atom is -0.485 e. The highest BCUT2D eigenvalue weighted by atomic mass is 19.3. The normalized spacial score (nSPS) is 20.9. The fourth-order valence-corrected chi connectivity index (χ4v) is 2.53. The summed E-state index contributed by atoms with van der Waals surface area (Å²) >= 11 is 0. The Morgan fingerprint density at radius 1 is 1.27 bits per heavy atom. The number of ether oxygens (including phenoxy) is 1. The van der Waals surface area contributed by atoms with Gasteiger partial charge in [-0.3, -0.25) is 9.59 Å². The molecule has 0 spiro atoms. The van der Waals surface area contributed by atoms with Crippen LogP contribution in [-0.2, 0) is 9.59 Å². The third-order valence-corrected chi connectivity index (χ3v) is 3.66. The number of benzene rings is 1. The first-order valence-corrected chi connectivity index (χ1v) is 7.01. The third kappa shape index (κ3) is 4.16. The van der Waals surface area contributed by atoms with Gasteiger partial charge in [0.25, 0.3) is 6.43 Å². The maximum absolute atomic E-state index is 12.2. The molecular formula is C15H17F2NO4. The van der Waals surface area contributed by atoms with Crippen molar-refractivity contribution in [3.8, 4) is 5.75 Å². The van der Waals surface area contributed by atoms with Crippen LogP contribution in [0.15, 0.2) is 24.3 Å². The molecule has 0 bridgehead atoms. The molecule has 1 fully saturated rings. The summed E-state index contributed by atoms with van der Waals surface area (Å²) in [6.07, 6.45) is -1.34. The van der Waals surface area contributed by atoms with Crippen LogP contribution in [-0.4, -0.2) is 30.0 Å². The van der Waals surface area contributed by atoms with Crippen LogP contribution in [0, 0.1) is 11.8 Å². The van der Waals surface area contributed by atoms with Crippen LogP contribution < -0.4 is 10.1 Å². The number of carboxylic acids is 1. The highest BCUT2D eigenvalue weighted by Gasteiger charge is 2.34. The van der Waals surface area contributed by atoms with Gasteiger partial charge in [0.05, 0.1) is 11.6 Å². The first-order valence-electron chi connectivity index (χ1n) is 7.01. The molecule has 1 aromatic rings. The largest absolute Gasteiger partial charge is 0.485 e. The van der Waals surface area contributed by atoms with E-state index in [-0.39, 0.29) is 17.6 Å². The van der Waals surface area contributed by atoms with E-state index < -0.39 is 24.9 Å². The van der Waals surface area contributed by atoms with Gasteiger partial charge in [-0.05, 0) is 31.4 Å². The smallest absolute Gasteiger partial charge is 0.306 e. The van der Waals surface area contributed by atoms with Crippen molar-refractivity contribution in [1.82, 2.24) is 0 Å². The van der Waals surface area contributed by atoms with Gasteiger partial charge < -0.3 is 15.2 Å². The van der Waals surface area contributed by atoms with Crippen LogP contribution in [0.1, 0.15) is 19.3 Å². The number of alkyl halides is 2. The molecule has 7 heteroatoms. The van der Waals surface area contributed by atoms with Crippen molar-refractivity contribution < 1.29 is 28.2 Å². The number of rotatable bonds is 6. The van der Waals surface area contributed by atoms with Crippen LogP contribution in [0.4, 0.5) is 14.5 Å². The van der Waals surface area contributed by atoms with Crippen LogP contribution in [0.5, 0.6) is 5.75 Å². The summed E-state index contributed by atoms with van der Waals surface area (Å²) in [5.74, 6) is -1.91. The maximum atomic E-state index is 12.2. The number of aliphatic carboxylic acids is 1. The van der Waals surface area contributed by atoms with Crippen molar-refractivity contribution in [3.05, 3.63) is 24.3 Å². The topological polar surface area (TPSA) is 75.6 Å². The SMILES string of the molecule is O=C(O)[C@@H]1CC[C@H](C(=O)Nc2ccccc2OCC(F)F)C1. The average molecular weight is 313 g/mol. The van der Waals surface area contributed by atoms with Crippen molar-refractivity contribution in [1.29, 1.82) is 0 Å². The van der Waals surface area contributed by atoms with E-state index >= 15 is 0 Å². The number of anilines is 1. The van der Waals surface area contributed by atoms with Crippen molar-refractivity contribution in [3.63, 3.8) is 0 Å². The number of hydrogen-bond donors (Lipinski definition) is 2. The summed E-state index contributed by atoms with van der Waals surface area (Å²) in [7, 11) is 0. The second kappa shape index (κ2) is 7.20. The number of hydrogen-bond acceptors (Lipinski definition) is 3. The summed E-state index contributed by atoms with van der Waals surface area (Å²) in [5.41, 5.74) is 0.312. The van der Waals surface area contributed by atoms with Gasteiger partial charge in [0, 0.05) is 5.92 Å². The monoisotopic (exact) mass is 313 g/mol. The van der Waals surface area contributed by atoms with Gasteiger partial charge in [0.1, 0.15) is 12.4 Å². The molecule has 0 unspecified atom stereocenters. The molecule has 0 saturated heterocycles. The summed E-state index contributed by atoms with van der Waals surface area (Å²) in [6.45, 7) is -0.753. The lowest BCUT2D eigenvalue weighted by molar-refractivity contribution is -0.141. The Bertz CT molecular complexity index is 550. The average Bonchev–Trinajstić information content (AvgIpc) is 2.96. The minimum atomic E-state index is -2.60. The fraction of sp³-hybridized carbons (Fsp3) is 0.467. The molecule has 5 nitrogen and oxygen atoms in total. The van der Waals surface area contributed by atoms with Crippen LogP contribution >= 0.6 is 0 Å². The molecule has 2 atom stereocenters. The molecule has 1 aromatic carbocycles. The predicted octanol–water partition coefficient (Wildman–Crippen LogP) is 2.77. The molecular weight excluding hydrogens is 296 g/mol. The van der Waals surface area contributed by atoms with Crippen molar-refractivity contribution >= 4 is 17.6 Å². The Morgan fingerprint density at radius 3 is 2.59 bits per heavy atom. The summed E-state index contributed by atoms with van der Waals surface area (Å²) in [5, 5.41) is 11.6. The van der Waals surface area contributed by atoms with E-state index in [0.717, 1.165) is 0 Å². The van der Waals surface area contributed by atoms with E-state index in [4.69, 9.17) is 9.84 Å². The lowest BCUT2D eigenvalue weighted by atomic mass is 10.0. The van der Waals surface area contributed by atoms with E-state index in [1.807, 2.05) is 0 Å². The number of carboxylic acid groups (broad SMARTS) is 1. The van der Waals surface area contributed by atoms with Gasteiger partial charge in [-0.1, -0.05) is 12.1 Å². The van der Waals surface area contributed by atoms with Gasteiger partial charge >= 0.3 is 5.97 Å². The highest BCUT2D eigenvalue weighted by Crippen LogP contribution is 2.33. The van der Waals surface area contributed by atoms with Gasteiger partial charge in [0.15, 0.2) is 0 Å². The highest BCUT2D eigenvalue weighted by molar-refractivity contribution is 5.94. The molecule has 1 aliphatic rings. The zero-order valence-corrected chi connectivity index (χ0v) is 11.8. The molecule has 22 heavy (non-hydrogen) atoms. The molecule has 2 rings (SSSR count). The number of halogens is 2. The molecule has 2 N–H and O–H groups in total. The van der Waals surface area contributed by atoms with E-state index in [1.165, 1.54) is 6.07 Å². The van der Waals surface area contributed by atoms with Gasteiger partial charge in [-0.15, -0.1) is 0 Å². The fourth-order valence-electron chi connectivity index (χ4n) is 2.53. The maximum Gasteiger partial charge on any atom is 0.306 e. The molecule has 120 valence electrons. The Labute approximate surface area is 126 Å². The van der Waals surface area contributed by atoms with Gasteiger partial charge in [-0.2, -0.15) is 0 Å². The Kier molecular flexibility index (Phi) is 5.30. The Morgan fingerprint density at radius 2 is 1.95 bits per heavy atom. The molecule has 0 radical (unpaired) electrons. The number of carbonyl (C=O) groups excluding carboxylic acids is 1. The molecule has 0 aliphatic heterocycles. The van der Waals surface area contributed by atoms with E-state index in [2.05, 4.69) is 5.32 Å². The zero-order chi connectivity index (χ0) is 16.1. The second-order valence-electron chi connectivity index (χ2n) is 5.23. The minimum absolute atomic E-state index is 0.170. The van der Waals surface area contributed by atoms with Crippen LogP contribution in [0.25, 0.3) is 0 Å². The summed E-state index contributed by atoms with van der Waals surface area (Å²) < 4.78 is 29.4. The van der Waals surface area contributed by atoms with Gasteiger partial charge in [-0.25, -0.2) is 8.78 Å². The lowest BCUT2D eigenvalue weighted by Crippen LogP contribution is -2.22. The molecule has 1 aliphatic carbocycles.